The molecule has 0 saturated carbocycles. The van der Waals surface area contributed by atoms with Crippen LogP contribution in [0.2, 0.25) is 0 Å². The summed E-state index contributed by atoms with van der Waals surface area (Å²) in [6.07, 6.45) is 7.69. The van der Waals surface area contributed by atoms with E-state index in [-0.39, 0.29) is 0 Å². The fourth-order valence-electron chi connectivity index (χ4n) is 2.55. The van der Waals surface area contributed by atoms with Crippen molar-refractivity contribution in [3.05, 3.63) is 60.3 Å². The number of aryl methyl sites for hydroxylation is 1. The lowest BCUT2D eigenvalue weighted by atomic mass is 10.3. The minimum Gasteiger partial charge on any atom is -0.307 e. The van der Waals surface area contributed by atoms with Crippen LogP contribution in [0.1, 0.15) is 11.3 Å². The van der Waals surface area contributed by atoms with Crippen molar-refractivity contribution in [3.63, 3.8) is 0 Å². The molecule has 0 atom stereocenters. The molecule has 0 radical (unpaired) electrons. The largest absolute Gasteiger partial charge is 0.307 e. The molecule has 4 aromatic rings. The minimum atomic E-state index is 0.750. The normalized spacial score (nSPS) is 11.2. The number of pyridine rings is 2. The fraction of sp³-hybridized carbons (Fsp3) is 0.176. The van der Waals surface area contributed by atoms with E-state index in [9.17, 15) is 0 Å². The third-order valence-electron chi connectivity index (χ3n) is 3.75. The SMILES string of the molecule is Cc1ccc2nc(CSc3nnc(-c4cccnc4)n3C)cn2c1. The Balaban J connectivity index is 1.54. The van der Waals surface area contributed by atoms with Gasteiger partial charge in [-0.15, -0.1) is 10.2 Å². The second kappa shape index (κ2) is 6.09. The Morgan fingerprint density at radius 3 is 2.88 bits per heavy atom. The van der Waals surface area contributed by atoms with Crippen molar-refractivity contribution in [2.24, 2.45) is 7.05 Å². The highest BCUT2D eigenvalue weighted by Gasteiger charge is 2.12. The summed E-state index contributed by atoms with van der Waals surface area (Å²) in [5.74, 6) is 1.57. The Morgan fingerprint density at radius 1 is 1.12 bits per heavy atom. The summed E-state index contributed by atoms with van der Waals surface area (Å²) in [7, 11) is 1.97. The lowest BCUT2D eigenvalue weighted by Crippen LogP contribution is -1.95. The molecule has 4 rings (SSSR count). The van der Waals surface area contributed by atoms with E-state index in [1.165, 1.54) is 5.56 Å². The average Bonchev–Trinajstić information content (AvgIpc) is 3.16. The van der Waals surface area contributed by atoms with Crippen LogP contribution in [0.4, 0.5) is 0 Å². The summed E-state index contributed by atoms with van der Waals surface area (Å²) in [6, 6.07) is 7.99. The van der Waals surface area contributed by atoms with Gasteiger partial charge in [0, 0.05) is 43.2 Å². The monoisotopic (exact) mass is 336 g/mol. The van der Waals surface area contributed by atoms with Gasteiger partial charge in [0.05, 0.1) is 5.69 Å². The number of aromatic nitrogens is 6. The molecule has 7 heteroatoms. The van der Waals surface area contributed by atoms with Gasteiger partial charge in [0.2, 0.25) is 0 Å². The molecule has 0 aliphatic rings. The van der Waals surface area contributed by atoms with Crippen molar-refractivity contribution in [3.8, 4) is 11.4 Å². The summed E-state index contributed by atoms with van der Waals surface area (Å²) in [4.78, 5) is 8.77. The molecule has 0 amide bonds. The summed E-state index contributed by atoms with van der Waals surface area (Å²) in [6.45, 7) is 2.08. The van der Waals surface area contributed by atoms with Gasteiger partial charge in [-0.05, 0) is 30.7 Å². The number of rotatable bonds is 4. The zero-order valence-electron chi connectivity index (χ0n) is 13.4. The number of hydrogen-bond donors (Lipinski definition) is 0. The Bertz CT molecular complexity index is 989. The molecule has 0 N–H and O–H groups in total. The van der Waals surface area contributed by atoms with E-state index in [1.807, 2.05) is 29.8 Å². The molecule has 120 valence electrons. The van der Waals surface area contributed by atoms with Gasteiger partial charge in [-0.2, -0.15) is 0 Å². The summed E-state index contributed by atoms with van der Waals surface area (Å²) < 4.78 is 4.05. The van der Waals surface area contributed by atoms with E-state index in [4.69, 9.17) is 0 Å². The molecule has 0 unspecified atom stereocenters. The van der Waals surface area contributed by atoms with Crippen LogP contribution in [0.15, 0.2) is 54.2 Å². The van der Waals surface area contributed by atoms with E-state index in [0.717, 1.165) is 33.6 Å². The molecule has 0 aliphatic carbocycles. The number of imidazole rings is 1. The summed E-state index contributed by atoms with van der Waals surface area (Å²) >= 11 is 1.63. The van der Waals surface area contributed by atoms with Crippen LogP contribution in [-0.4, -0.2) is 29.1 Å². The molecule has 0 aliphatic heterocycles. The predicted molar refractivity (Wildman–Crippen MR) is 93.7 cm³/mol. The predicted octanol–water partition coefficient (Wildman–Crippen LogP) is 3.13. The molecular weight excluding hydrogens is 320 g/mol. The molecule has 0 fully saturated rings. The maximum absolute atomic E-state index is 4.64. The fourth-order valence-corrected chi connectivity index (χ4v) is 3.35. The van der Waals surface area contributed by atoms with Crippen LogP contribution in [0.25, 0.3) is 17.0 Å². The van der Waals surface area contributed by atoms with E-state index in [1.54, 1.807) is 24.2 Å². The average molecular weight is 336 g/mol. The molecule has 4 heterocycles. The number of nitrogens with zero attached hydrogens (tertiary/aromatic N) is 6. The lowest BCUT2D eigenvalue weighted by molar-refractivity contribution is 0.793. The van der Waals surface area contributed by atoms with Crippen molar-refractivity contribution in [2.75, 3.05) is 0 Å². The first kappa shape index (κ1) is 14.9. The minimum absolute atomic E-state index is 0.750. The Morgan fingerprint density at radius 2 is 2.04 bits per heavy atom. The van der Waals surface area contributed by atoms with E-state index < -0.39 is 0 Å². The molecule has 0 spiro atoms. The van der Waals surface area contributed by atoms with Crippen LogP contribution in [0.5, 0.6) is 0 Å². The van der Waals surface area contributed by atoms with Crippen molar-refractivity contribution >= 4 is 17.4 Å². The first-order chi connectivity index (χ1) is 11.7. The number of fused-ring (bicyclic) bond motifs is 1. The van der Waals surface area contributed by atoms with Crippen molar-refractivity contribution in [2.45, 2.75) is 17.8 Å². The lowest BCUT2D eigenvalue weighted by Gasteiger charge is -2.02. The van der Waals surface area contributed by atoms with Gasteiger partial charge in [0.1, 0.15) is 5.65 Å². The third kappa shape index (κ3) is 2.78. The highest BCUT2D eigenvalue weighted by Crippen LogP contribution is 2.24. The van der Waals surface area contributed by atoms with Crippen molar-refractivity contribution < 1.29 is 0 Å². The number of hydrogen-bond acceptors (Lipinski definition) is 5. The Kier molecular flexibility index (Phi) is 3.78. The molecule has 0 saturated heterocycles. The molecular formula is C17H16N6S. The zero-order valence-corrected chi connectivity index (χ0v) is 14.2. The second-order valence-electron chi connectivity index (χ2n) is 5.60. The van der Waals surface area contributed by atoms with Crippen molar-refractivity contribution in [1.82, 2.24) is 29.1 Å². The Hall–Kier alpha value is -2.67. The van der Waals surface area contributed by atoms with Crippen LogP contribution < -0.4 is 0 Å². The molecule has 24 heavy (non-hydrogen) atoms. The molecule has 0 bridgehead atoms. The molecule has 6 nitrogen and oxygen atoms in total. The first-order valence-electron chi connectivity index (χ1n) is 7.57. The third-order valence-corrected chi connectivity index (χ3v) is 4.81. The van der Waals surface area contributed by atoms with Gasteiger partial charge in [-0.1, -0.05) is 17.8 Å². The van der Waals surface area contributed by atoms with E-state index in [2.05, 4.69) is 49.9 Å². The summed E-state index contributed by atoms with van der Waals surface area (Å²) in [5.41, 5.74) is 4.16. The topological polar surface area (TPSA) is 60.9 Å². The molecule has 4 aromatic heterocycles. The number of thioether (sulfide) groups is 1. The highest BCUT2D eigenvalue weighted by molar-refractivity contribution is 7.98. The van der Waals surface area contributed by atoms with E-state index >= 15 is 0 Å². The summed E-state index contributed by atoms with van der Waals surface area (Å²) in [5, 5.41) is 9.43. The van der Waals surface area contributed by atoms with Gasteiger partial charge in [-0.25, -0.2) is 4.98 Å². The van der Waals surface area contributed by atoms with Gasteiger partial charge in [0.25, 0.3) is 0 Å². The van der Waals surface area contributed by atoms with Gasteiger partial charge >= 0.3 is 0 Å². The second-order valence-corrected chi connectivity index (χ2v) is 6.54. The van der Waals surface area contributed by atoms with E-state index in [0.29, 0.717) is 0 Å². The molecule has 0 aromatic carbocycles. The van der Waals surface area contributed by atoms with Gasteiger partial charge in [0.15, 0.2) is 11.0 Å². The van der Waals surface area contributed by atoms with Gasteiger partial charge in [-0.3, -0.25) is 4.98 Å². The van der Waals surface area contributed by atoms with Crippen LogP contribution >= 0.6 is 11.8 Å². The highest BCUT2D eigenvalue weighted by atomic mass is 32.2. The maximum Gasteiger partial charge on any atom is 0.191 e. The van der Waals surface area contributed by atoms with Crippen LogP contribution in [0, 0.1) is 6.92 Å². The zero-order chi connectivity index (χ0) is 16.5. The van der Waals surface area contributed by atoms with Gasteiger partial charge < -0.3 is 8.97 Å². The maximum atomic E-state index is 4.64. The quantitative estimate of drug-likeness (QED) is 0.536. The van der Waals surface area contributed by atoms with Crippen LogP contribution in [-0.2, 0) is 12.8 Å². The standard InChI is InChI=1S/C17H16N6S/c1-12-5-6-15-19-14(10-23(15)9-12)11-24-17-21-20-16(22(17)2)13-4-3-7-18-8-13/h3-10H,11H2,1-2H3. The Labute approximate surface area is 143 Å². The first-order valence-corrected chi connectivity index (χ1v) is 8.56. The smallest absolute Gasteiger partial charge is 0.191 e. The van der Waals surface area contributed by atoms with Crippen molar-refractivity contribution in [1.29, 1.82) is 0 Å². The van der Waals surface area contributed by atoms with Crippen LogP contribution in [0.3, 0.4) is 0 Å².